The second kappa shape index (κ2) is 8.29. The lowest BCUT2D eigenvalue weighted by Gasteiger charge is -2.18. The Balaban J connectivity index is 1.66. The quantitative estimate of drug-likeness (QED) is 0.610. The van der Waals surface area contributed by atoms with Gasteiger partial charge in [-0.3, -0.25) is 9.78 Å². The molecule has 6 nitrogen and oxygen atoms in total. The molecule has 0 bridgehead atoms. The van der Waals surface area contributed by atoms with Gasteiger partial charge in [-0.2, -0.15) is 5.10 Å². The van der Waals surface area contributed by atoms with Crippen LogP contribution in [0.5, 0.6) is 0 Å². The first-order valence-electron chi connectivity index (χ1n) is 8.63. The molecule has 0 aliphatic rings. The number of hydrogen-bond acceptors (Lipinski definition) is 3. The van der Waals surface area contributed by atoms with Crippen LogP contribution in [0.15, 0.2) is 59.4 Å². The normalized spacial score (nSPS) is 11.9. The Kier molecular flexibility index (Phi) is 5.63. The van der Waals surface area contributed by atoms with E-state index in [4.69, 9.17) is 0 Å². The van der Waals surface area contributed by atoms with Gasteiger partial charge in [-0.25, -0.2) is 9.89 Å². The molecule has 134 valence electrons. The van der Waals surface area contributed by atoms with Gasteiger partial charge in [0.1, 0.15) is 5.82 Å². The highest BCUT2D eigenvalue weighted by Gasteiger charge is 2.18. The lowest BCUT2D eigenvalue weighted by molar-refractivity contribution is -0.121. The number of nitrogens with one attached hydrogen (secondary N) is 3. The minimum atomic E-state index is -0.338. The molecule has 0 radical (unpaired) electrons. The summed E-state index contributed by atoms with van der Waals surface area (Å²) in [5.74, 6) is 0.507. The molecular formula is C20H22N4O2. The Hall–Kier alpha value is -3.15. The van der Waals surface area contributed by atoms with Gasteiger partial charge in [0, 0.05) is 25.3 Å². The number of nitrogens with zero attached hydrogens (tertiary/aromatic N) is 1. The zero-order chi connectivity index (χ0) is 18.4. The third kappa shape index (κ3) is 4.69. The molecular weight excluding hydrogens is 328 g/mol. The van der Waals surface area contributed by atoms with Gasteiger partial charge in [-0.05, 0) is 18.1 Å². The molecule has 1 aromatic heterocycles. The van der Waals surface area contributed by atoms with Gasteiger partial charge in [-0.15, -0.1) is 0 Å². The summed E-state index contributed by atoms with van der Waals surface area (Å²) in [7, 11) is 0. The first-order valence-corrected chi connectivity index (χ1v) is 8.63. The Labute approximate surface area is 151 Å². The van der Waals surface area contributed by atoms with Crippen molar-refractivity contribution in [3.63, 3.8) is 0 Å². The molecule has 3 N–H and O–H groups in total. The summed E-state index contributed by atoms with van der Waals surface area (Å²) < 4.78 is 0. The van der Waals surface area contributed by atoms with Gasteiger partial charge >= 0.3 is 5.69 Å². The molecule has 0 saturated carbocycles. The number of aryl methyl sites for hydroxylation is 1. The smallest absolute Gasteiger partial charge is 0.340 e. The number of hydrogen-bond donors (Lipinski definition) is 3. The van der Waals surface area contributed by atoms with E-state index in [-0.39, 0.29) is 17.5 Å². The molecule has 1 amide bonds. The topological polar surface area (TPSA) is 90.6 Å². The van der Waals surface area contributed by atoms with Gasteiger partial charge in [0.25, 0.3) is 0 Å². The molecule has 26 heavy (non-hydrogen) atoms. The molecule has 6 heteroatoms. The van der Waals surface area contributed by atoms with Crippen molar-refractivity contribution in [2.24, 2.45) is 0 Å². The number of carbonyl (C=O) groups is 1. The van der Waals surface area contributed by atoms with Crippen LogP contribution in [0.1, 0.15) is 34.9 Å². The minimum Gasteiger partial charge on any atom is -0.356 e. The Bertz CT molecular complexity index is 897. The predicted octanol–water partition coefficient (Wildman–Crippen LogP) is 2.29. The fraction of sp³-hybridized carbons (Fsp3) is 0.250. The lowest BCUT2D eigenvalue weighted by Crippen LogP contribution is -2.27. The van der Waals surface area contributed by atoms with Gasteiger partial charge in [0.05, 0.1) is 0 Å². The SMILES string of the molecule is Cc1ccc([C@@H](CC(=O)NCCc2n[nH]c(=O)[nH]2)c2ccccc2)cc1. The van der Waals surface area contributed by atoms with Crippen molar-refractivity contribution < 1.29 is 4.79 Å². The standard InChI is InChI=1S/C20H22N4O2/c1-14-7-9-16(10-8-14)17(15-5-3-2-4-6-15)13-19(25)21-12-11-18-22-20(26)24-23-18/h2-10,17H,11-13H2,1H3,(H,21,25)(H2,22,23,24,26)/t17-/m0/s1. The Morgan fingerprint density at radius 2 is 1.77 bits per heavy atom. The van der Waals surface area contributed by atoms with Crippen LogP contribution in [0.3, 0.4) is 0 Å². The molecule has 0 aliphatic heterocycles. The van der Waals surface area contributed by atoms with Crippen LogP contribution in [0.2, 0.25) is 0 Å². The summed E-state index contributed by atoms with van der Waals surface area (Å²) in [5.41, 5.74) is 3.09. The van der Waals surface area contributed by atoms with Gasteiger partial charge in [0.2, 0.25) is 5.91 Å². The first kappa shape index (κ1) is 17.7. The number of benzene rings is 2. The number of aromatic nitrogens is 3. The Morgan fingerprint density at radius 3 is 2.42 bits per heavy atom. The maximum Gasteiger partial charge on any atom is 0.340 e. The number of carbonyl (C=O) groups excluding carboxylic acids is 1. The fourth-order valence-corrected chi connectivity index (χ4v) is 2.91. The van der Waals surface area contributed by atoms with Crippen molar-refractivity contribution in [2.45, 2.75) is 25.7 Å². The first-order chi connectivity index (χ1) is 12.6. The highest BCUT2D eigenvalue weighted by Crippen LogP contribution is 2.28. The van der Waals surface area contributed by atoms with E-state index >= 15 is 0 Å². The van der Waals surface area contributed by atoms with Crippen molar-refractivity contribution >= 4 is 5.91 Å². The second-order valence-electron chi connectivity index (χ2n) is 6.30. The second-order valence-corrected chi connectivity index (χ2v) is 6.30. The minimum absolute atomic E-state index is 0.00184. The fourth-order valence-electron chi connectivity index (χ4n) is 2.91. The maximum absolute atomic E-state index is 12.5. The monoisotopic (exact) mass is 350 g/mol. The van der Waals surface area contributed by atoms with Gasteiger partial charge < -0.3 is 5.32 Å². The highest BCUT2D eigenvalue weighted by molar-refractivity contribution is 5.77. The molecule has 0 saturated heterocycles. The molecule has 0 fully saturated rings. The molecule has 3 aromatic rings. The van der Waals surface area contributed by atoms with E-state index in [2.05, 4.69) is 44.8 Å². The maximum atomic E-state index is 12.5. The largest absolute Gasteiger partial charge is 0.356 e. The summed E-state index contributed by atoms with van der Waals surface area (Å²) in [6.07, 6.45) is 0.842. The zero-order valence-electron chi connectivity index (χ0n) is 14.7. The average molecular weight is 350 g/mol. The lowest BCUT2D eigenvalue weighted by atomic mass is 9.88. The van der Waals surface area contributed by atoms with Crippen LogP contribution in [0, 0.1) is 6.92 Å². The van der Waals surface area contributed by atoms with Gasteiger partial charge in [-0.1, -0.05) is 60.2 Å². The highest BCUT2D eigenvalue weighted by atomic mass is 16.2. The van der Waals surface area contributed by atoms with E-state index < -0.39 is 0 Å². The summed E-state index contributed by atoms with van der Waals surface area (Å²) >= 11 is 0. The van der Waals surface area contributed by atoms with E-state index in [1.807, 2.05) is 37.3 Å². The average Bonchev–Trinajstić information content (AvgIpc) is 3.06. The van der Waals surface area contributed by atoms with Crippen LogP contribution in [-0.4, -0.2) is 27.6 Å². The summed E-state index contributed by atoms with van der Waals surface area (Å²) in [5, 5.41) is 9.05. The van der Waals surface area contributed by atoms with Crippen molar-refractivity contribution in [1.29, 1.82) is 0 Å². The van der Waals surface area contributed by atoms with Crippen LogP contribution in [0.4, 0.5) is 0 Å². The van der Waals surface area contributed by atoms with Crippen LogP contribution in [-0.2, 0) is 11.2 Å². The summed E-state index contributed by atoms with van der Waals surface area (Å²) in [6.45, 7) is 2.47. The third-order valence-electron chi connectivity index (χ3n) is 4.31. The van der Waals surface area contributed by atoms with E-state index in [0.29, 0.717) is 25.2 Å². The van der Waals surface area contributed by atoms with E-state index in [9.17, 15) is 9.59 Å². The number of H-pyrrole nitrogens is 2. The summed E-state index contributed by atoms with van der Waals surface area (Å²) in [4.78, 5) is 26.0. The van der Waals surface area contributed by atoms with Crippen LogP contribution < -0.4 is 11.0 Å². The molecule has 1 atom stereocenters. The van der Waals surface area contributed by atoms with E-state index in [1.165, 1.54) is 5.56 Å². The number of amides is 1. The molecule has 0 spiro atoms. The third-order valence-corrected chi connectivity index (χ3v) is 4.31. The molecule has 2 aromatic carbocycles. The van der Waals surface area contributed by atoms with Crippen molar-refractivity contribution in [3.8, 4) is 0 Å². The van der Waals surface area contributed by atoms with E-state index in [1.54, 1.807) is 0 Å². The van der Waals surface area contributed by atoms with Crippen molar-refractivity contribution in [1.82, 2.24) is 20.5 Å². The summed E-state index contributed by atoms with van der Waals surface area (Å²) in [6, 6.07) is 18.3. The molecule has 0 aliphatic carbocycles. The molecule has 1 heterocycles. The van der Waals surface area contributed by atoms with Crippen LogP contribution in [0.25, 0.3) is 0 Å². The van der Waals surface area contributed by atoms with Crippen LogP contribution >= 0.6 is 0 Å². The van der Waals surface area contributed by atoms with Crippen molar-refractivity contribution in [3.05, 3.63) is 87.6 Å². The van der Waals surface area contributed by atoms with E-state index in [0.717, 1.165) is 11.1 Å². The molecule has 3 rings (SSSR count). The van der Waals surface area contributed by atoms with Crippen molar-refractivity contribution in [2.75, 3.05) is 6.54 Å². The Morgan fingerprint density at radius 1 is 1.08 bits per heavy atom. The predicted molar refractivity (Wildman–Crippen MR) is 100 cm³/mol. The zero-order valence-corrected chi connectivity index (χ0v) is 14.7. The number of aromatic amines is 2. The number of rotatable bonds is 7. The van der Waals surface area contributed by atoms with Gasteiger partial charge in [0.15, 0.2) is 0 Å². The molecule has 0 unspecified atom stereocenters.